The van der Waals surface area contributed by atoms with Gasteiger partial charge in [0.1, 0.15) is 5.75 Å². The Hall–Kier alpha value is -3.17. The van der Waals surface area contributed by atoms with Crippen molar-refractivity contribution in [2.24, 2.45) is 5.10 Å². The third kappa shape index (κ3) is 5.46. The van der Waals surface area contributed by atoms with Gasteiger partial charge in [-0.15, -0.1) is 11.3 Å². The van der Waals surface area contributed by atoms with Gasteiger partial charge in [-0.1, -0.05) is 6.07 Å². The quantitative estimate of drug-likeness (QED) is 0.405. The van der Waals surface area contributed by atoms with E-state index in [1.807, 2.05) is 31.4 Å². The molecule has 0 aliphatic carbocycles. The lowest BCUT2D eigenvalue weighted by Gasteiger charge is -2.10. The highest BCUT2D eigenvalue weighted by Gasteiger charge is 2.15. The Balaban J connectivity index is 1.64. The van der Waals surface area contributed by atoms with Crippen LogP contribution in [0.15, 0.2) is 76.0 Å². The molecule has 0 fully saturated rings. The van der Waals surface area contributed by atoms with Crippen molar-refractivity contribution >= 4 is 38.7 Å². The van der Waals surface area contributed by atoms with E-state index in [1.165, 1.54) is 47.7 Å². The largest absolute Gasteiger partial charge is 0.494 e. The maximum absolute atomic E-state index is 12.5. The molecule has 2 N–H and O–H groups in total. The summed E-state index contributed by atoms with van der Waals surface area (Å²) in [5, 5.41) is 6.02. The fraction of sp³-hybridized carbons (Fsp3) is 0.143. The van der Waals surface area contributed by atoms with Gasteiger partial charge in [0.15, 0.2) is 0 Å². The molecule has 0 bridgehead atoms. The first-order valence-corrected chi connectivity index (χ1v) is 11.5. The van der Waals surface area contributed by atoms with E-state index in [-0.39, 0.29) is 10.8 Å². The van der Waals surface area contributed by atoms with Crippen molar-refractivity contribution in [3.8, 4) is 5.75 Å². The fourth-order valence-corrected chi connectivity index (χ4v) is 4.26. The first-order chi connectivity index (χ1) is 14.4. The van der Waals surface area contributed by atoms with Crippen LogP contribution in [0.3, 0.4) is 0 Å². The fourth-order valence-electron chi connectivity index (χ4n) is 2.52. The first kappa shape index (κ1) is 21.5. The number of nitrogens with zero attached hydrogens (tertiary/aromatic N) is 1. The maximum atomic E-state index is 12.5. The van der Waals surface area contributed by atoms with Crippen LogP contribution >= 0.6 is 11.3 Å². The van der Waals surface area contributed by atoms with Gasteiger partial charge in [0.2, 0.25) is 0 Å². The predicted molar refractivity (Wildman–Crippen MR) is 119 cm³/mol. The number of carbonyl (C=O) groups is 1. The van der Waals surface area contributed by atoms with Crippen LogP contribution in [0.4, 0.5) is 5.69 Å². The van der Waals surface area contributed by atoms with Gasteiger partial charge in [-0.3, -0.25) is 9.52 Å². The molecule has 156 valence electrons. The van der Waals surface area contributed by atoms with Gasteiger partial charge < -0.3 is 4.74 Å². The monoisotopic (exact) mass is 443 g/mol. The van der Waals surface area contributed by atoms with E-state index in [9.17, 15) is 13.2 Å². The summed E-state index contributed by atoms with van der Waals surface area (Å²) >= 11 is 1.53. The van der Waals surface area contributed by atoms with Crippen LogP contribution < -0.4 is 14.9 Å². The summed E-state index contributed by atoms with van der Waals surface area (Å²) in [6.45, 7) is 4.17. The van der Waals surface area contributed by atoms with Crippen LogP contribution in [0.2, 0.25) is 0 Å². The predicted octanol–water partition coefficient (Wildman–Crippen LogP) is 4.10. The van der Waals surface area contributed by atoms with E-state index >= 15 is 0 Å². The molecule has 2 aromatic carbocycles. The number of ether oxygens (including phenoxy) is 1. The van der Waals surface area contributed by atoms with Gasteiger partial charge in [0.25, 0.3) is 15.9 Å². The zero-order valence-corrected chi connectivity index (χ0v) is 18.1. The molecule has 0 spiro atoms. The molecule has 9 heteroatoms. The lowest BCUT2D eigenvalue weighted by atomic mass is 10.2. The summed E-state index contributed by atoms with van der Waals surface area (Å²) in [6, 6.07) is 16.1. The second-order valence-corrected chi connectivity index (χ2v) is 8.83. The Labute approximate surface area is 179 Å². The molecule has 3 aromatic rings. The zero-order chi connectivity index (χ0) is 21.6. The van der Waals surface area contributed by atoms with Gasteiger partial charge in [0.05, 0.1) is 17.2 Å². The number of thiophene rings is 1. The molecule has 0 aliphatic rings. The molecule has 7 nitrogen and oxygen atoms in total. The van der Waals surface area contributed by atoms with E-state index in [0.717, 1.165) is 4.88 Å². The molecule has 0 saturated carbocycles. The minimum absolute atomic E-state index is 0.117. The Morgan fingerprint density at radius 3 is 2.37 bits per heavy atom. The minimum atomic E-state index is -3.75. The van der Waals surface area contributed by atoms with Crippen LogP contribution in [-0.2, 0) is 10.0 Å². The maximum Gasteiger partial charge on any atom is 0.271 e. The molecule has 1 heterocycles. The molecular formula is C21H21N3O4S2. The number of carbonyl (C=O) groups excluding carboxylic acids is 1. The summed E-state index contributed by atoms with van der Waals surface area (Å²) < 4.78 is 32.9. The number of sulfonamides is 1. The van der Waals surface area contributed by atoms with Crippen molar-refractivity contribution in [2.75, 3.05) is 11.3 Å². The van der Waals surface area contributed by atoms with Crippen LogP contribution in [0.25, 0.3) is 0 Å². The van der Waals surface area contributed by atoms with Crippen LogP contribution in [0, 0.1) is 0 Å². The van der Waals surface area contributed by atoms with Gasteiger partial charge in [-0.2, -0.15) is 5.10 Å². The van der Waals surface area contributed by atoms with E-state index < -0.39 is 10.0 Å². The van der Waals surface area contributed by atoms with Crippen LogP contribution in [0.1, 0.15) is 29.1 Å². The molecule has 1 amide bonds. The standard InChI is InChI=1S/C21H21N3O4S2/c1-3-28-18-10-12-19(13-11-18)30(26,27)24-17-8-6-16(7-9-17)21(25)23-22-15(2)20-5-4-14-29-20/h4-14,24H,3H2,1-2H3,(H,23,25)/b22-15+. The number of anilines is 1. The molecule has 3 rings (SSSR count). The SMILES string of the molecule is CCOc1ccc(S(=O)(=O)Nc2ccc(C(=O)N/N=C(\C)c3cccs3)cc2)cc1. The number of rotatable bonds is 8. The third-order valence-corrected chi connectivity index (χ3v) is 6.42. The van der Waals surface area contributed by atoms with E-state index in [2.05, 4.69) is 15.2 Å². The minimum Gasteiger partial charge on any atom is -0.494 e. The highest BCUT2D eigenvalue weighted by atomic mass is 32.2. The van der Waals surface area contributed by atoms with Gasteiger partial charge in [-0.25, -0.2) is 13.8 Å². The van der Waals surface area contributed by atoms with Crippen molar-refractivity contribution in [3.05, 3.63) is 76.5 Å². The average Bonchev–Trinajstić information content (AvgIpc) is 3.28. The highest BCUT2D eigenvalue weighted by Crippen LogP contribution is 2.20. The average molecular weight is 444 g/mol. The summed E-state index contributed by atoms with van der Waals surface area (Å²) in [6.07, 6.45) is 0. The lowest BCUT2D eigenvalue weighted by molar-refractivity contribution is 0.0955. The molecule has 0 aliphatic heterocycles. The lowest BCUT2D eigenvalue weighted by Crippen LogP contribution is -2.19. The zero-order valence-electron chi connectivity index (χ0n) is 16.5. The van der Waals surface area contributed by atoms with Crippen molar-refractivity contribution in [2.45, 2.75) is 18.7 Å². The normalized spacial score (nSPS) is 11.7. The molecule has 0 radical (unpaired) electrons. The Kier molecular flexibility index (Phi) is 6.86. The molecule has 1 aromatic heterocycles. The number of benzene rings is 2. The number of hydrogen-bond donors (Lipinski definition) is 2. The van der Waals surface area contributed by atoms with Crippen molar-refractivity contribution < 1.29 is 17.9 Å². The van der Waals surface area contributed by atoms with Gasteiger partial charge in [-0.05, 0) is 73.8 Å². The summed E-state index contributed by atoms with van der Waals surface area (Å²) in [7, 11) is -3.75. The number of nitrogens with one attached hydrogen (secondary N) is 2. The second kappa shape index (κ2) is 9.55. The Morgan fingerprint density at radius 1 is 1.07 bits per heavy atom. The Bertz CT molecular complexity index is 1120. The second-order valence-electron chi connectivity index (χ2n) is 6.20. The third-order valence-electron chi connectivity index (χ3n) is 4.05. The van der Waals surface area contributed by atoms with Crippen LogP contribution in [-0.4, -0.2) is 26.6 Å². The summed E-state index contributed by atoms with van der Waals surface area (Å²) in [4.78, 5) is 13.3. The van der Waals surface area contributed by atoms with E-state index in [0.29, 0.717) is 29.3 Å². The van der Waals surface area contributed by atoms with Crippen molar-refractivity contribution in [1.29, 1.82) is 0 Å². The topological polar surface area (TPSA) is 96.9 Å². The summed E-state index contributed by atoms with van der Waals surface area (Å²) in [5.41, 5.74) is 3.92. The summed E-state index contributed by atoms with van der Waals surface area (Å²) in [5.74, 6) is 0.218. The molecule has 0 atom stereocenters. The number of hydrogen-bond acceptors (Lipinski definition) is 6. The Morgan fingerprint density at radius 2 is 1.77 bits per heavy atom. The van der Waals surface area contributed by atoms with Crippen LogP contribution in [0.5, 0.6) is 5.75 Å². The van der Waals surface area contributed by atoms with Crippen molar-refractivity contribution in [3.63, 3.8) is 0 Å². The number of amides is 1. The number of hydrazone groups is 1. The molecule has 30 heavy (non-hydrogen) atoms. The van der Waals surface area contributed by atoms with E-state index in [1.54, 1.807) is 12.1 Å². The first-order valence-electron chi connectivity index (χ1n) is 9.13. The molecule has 0 saturated heterocycles. The van der Waals surface area contributed by atoms with Gasteiger partial charge in [0, 0.05) is 16.1 Å². The smallest absolute Gasteiger partial charge is 0.271 e. The molecular weight excluding hydrogens is 422 g/mol. The molecule has 0 unspecified atom stereocenters. The van der Waals surface area contributed by atoms with Gasteiger partial charge >= 0.3 is 0 Å². The highest BCUT2D eigenvalue weighted by molar-refractivity contribution is 7.92. The van der Waals surface area contributed by atoms with Crippen molar-refractivity contribution in [1.82, 2.24) is 5.43 Å². The van der Waals surface area contributed by atoms with E-state index in [4.69, 9.17) is 4.74 Å².